The van der Waals surface area contributed by atoms with Gasteiger partial charge in [0.05, 0.1) is 19.2 Å². The molecule has 0 bridgehead atoms. The molecule has 1 fully saturated rings. The zero-order chi connectivity index (χ0) is 25.4. The second-order valence-corrected chi connectivity index (χ2v) is 12.1. The van der Waals surface area contributed by atoms with Gasteiger partial charge in [0, 0.05) is 34.9 Å². The van der Waals surface area contributed by atoms with Gasteiger partial charge < -0.3 is 9.64 Å². The van der Waals surface area contributed by atoms with Crippen LogP contribution in [-0.2, 0) is 32.6 Å². The van der Waals surface area contributed by atoms with Crippen molar-refractivity contribution in [2.45, 2.75) is 39.0 Å². The number of sulfonamides is 1. The Morgan fingerprint density at radius 3 is 2.39 bits per heavy atom. The largest absolute Gasteiger partial charge is 0.377 e. The highest BCUT2D eigenvalue weighted by atomic mass is 32.2. The van der Waals surface area contributed by atoms with E-state index in [0.717, 1.165) is 28.8 Å². The number of aryl methyl sites for hydroxylation is 1. The van der Waals surface area contributed by atoms with Gasteiger partial charge in [-0.05, 0) is 49.1 Å². The van der Waals surface area contributed by atoms with E-state index < -0.39 is 10.0 Å². The van der Waals surface area contributed by atoms with Gasteiger partial charge in [-0.3, -0.25) is 4.79 Å². The number of amides is 1. The molecule has 2 aromatic carbocycles. The minimum Gasteiger partial charge on any atom is -0.377 e. The number of thiophene rings is 1. The van der Waals surface area contributed by atoms with Gasteiger partial charge in [0.15, 0.2) is 0 Å². The fourth-order valence-corrected chi connectivity index (χ4v) is 6.21. The predicted octanol–water partition coefficient (Wildman–Crippen LogP) is 5.07. The van der Waals surface area contributed by atoms with Crippen LogP contribution in [0.25, 0.3) is 6.08 Å². The Hall–Kier alpha value is -2.78. The van der Waals surface area contributed by atoms with E-state index in [1.54, 1.807) is 22.3 Å². The monoisotopic (exact) mass is 524 g/mol. The number of carbonyl (C=O) groups excluding carboxylic acids is 1. The lowest BCUT2D eigenvalue weighted by Crippen LogP contribution is -2.44. The Morgan fingerprint density at radius 2 is 1.75 bits per heavy atom. The number of hydrogen-bond donors (Lipinski definition) is 0. The van der Waals surface area contributed by atoms with E-state index in [9.17, 15) is 13.2 Å². The third-order valence-electron chi connectivity index (χ3n) is 6.05. The minimum absolute atomic E-state index is 0.157. The SMILES string of the molecule is Cc1ccc(CN(Cc2ccccc2)C(=O)CN(CC2CCCO2)S(=O)(=O)C=Cc2ccccc2)s1. The van der Waals surface area contributed by atoms with Crippen LogP contribution in [0.5, 0.6) is 0 Å². The van der Waals surface area contributed by atoms with Crippen molar-refractivity contribution < 1.29 is 17.9 Å². The normalized spacial score (nSPS) is 16.1. The molecule has 6 nitrogen and oxygen atoms in total. The van der Waals surface area contributed by atoms with Crippen LogP contribution in [0, 0.1) is 6.92 Å². The number of benzene rings is 2. The molecule has 2 heterocycles. The summed E-state index contributed by atoms with van der Waals surface area (Å²) in [5, 5.41) is 1.19. The van der Waals surface area contributed by atoms with Gasteiger partial charge in [0.25, 0.3) is 0 Å². The summed E-state index contributed by atoms with van der Waals surface area (Å²) in [7, 11) is -3.85. The lowest BCUT2D eigenvalue weighted by Gasteiger charge is -2.27. The van der Waals surface area contributed by atoms with Gasteiger partial charge in [-0.2, -0.15) is 4.31 Å². The summed E-state index contributed by atoms with van der Waals surface area (Å²) in [5.74, 6) is -0.236. The molecule has 1 aromatic heterocycles. The summed E-state index contributed by atoms with van der Waals surface area (Å²) in [6.45, 7) is 3.41. The number of rotatable bonds is 11. The molecule has 36 heavy (non-hydrogen) atoms. The first kappa shape index (κ1) is 26.3. The molecule has 1 atom stereocenters. The minimum atomic E-state index is -3.85. The maximum absolute atomic E-state index is 13.6. The average Bonchev–Trinajstić information content (AvgIpc) is 3.55. The van der Waals surface area contributed by atoms with E-state index in [-0.39, 0.29) is 25.1 Å². The van der Waals surface area contributed by atoms with Gasteiger partial charge >= 0.3 is 0 Å². The second kappa shape index (κ2) is 12.5. The van der Waals surface area contributed by atoms with E-state index in [2.05, 4.69) is 0 Å². The highest BCUT2D eigenvalue weighted by molar-refractivity contribution is 7.92. The van der Waals surface area contributed by atoms with Gasteiger partial charge in [-0.1, -0.05) is 60.7 Å². The summed E-state index contributed by atoms with van der Waals surface area (Å²) >= 11 is 1.64. The van der Waals surface area contributed by atoms with Crippen molar-refractivity contribution in [3.05, 3.63) is 99.1 Å². The second-order valence-electron chi connectivity index (χ2n) is 8.93. The Balaban J connectivity index is 1.56. The van der Waals surface area contributed by atoms with Crippen molar-refractivity contribution in [1.29, 1.82) is 0 Å². The van der Waals surface area contributed by atoms with Crippen molar-refractivity contribution in [1.82, 2.24) is 9.21 Å². The maximum Gasteiger partial charge on any atom is 0.238 e. The van der Waals surface area contributed by atoms with Crippen LogP contribution in [0.3, 0.4) is 0 Å². The zero-order valence-corrected chi connectivity index (χ0v) is 22.1. The third kappa shape index (κ3) is 7.61. The molecule has 1 aliphatic heterocycles. The summed E-state index contributed by atoms with van der Waals surface area (Å²) in [6.07, 6.45) is 3.04. The van der Waals surface area contributed by atoms with Crippen molar-refractivity contribution in [3.63, 3.8) is 0 Å². The molecule has 8 heteroatoms. The average molecular weight is 525 g/mol. The van der Waals surface area contributed by atoms with Crippen LogP contribution in [0.2, 0.25) is 0 Å². The fraction of sp³-hybridized carbons (Fsp3) is 0.321. The molecule has 1 saturated heterocycles. The summed E-state index contributed by atoms with van der Waals surface area (Å²) in [5.41, 5.74) is 1.78. The molecule has 190 valence electrons. The highest BCUT2D eigenvalue weighted by Crippen LogP contribution is 2.21. The van der Waals surface area contributed by atoms with Crippen LogP contribution >= 0.6 is 11.3 Å². The van der Waals surface area contributed by atoms with Gasteiger partial charge in [0.2, 0.25) is 15.9 Å². The first-order valence-electron chi connectivity index (χ1n) is 12.1. The smallest absolute Gasteiger partial charge is 0.238 e. The molecule has 4 rings (SSSR count). The van der Waals surface area contributed by atoms with Gasteiger partial charge in [-0.25, -0.2) is 8.42 Å². The van der Waals surface area contributed by atoms with E-state index in [4.69, 9.17) is 4.74 Å². The molecular weight excluding hydrogens is 492 g/mol. The quantitative estimate of drug-likeness (QED) is 0.351. The lowest BCUT2D eigenvalue weighted by atomic mass is 10.2. The molecule has 0 radical (unpaired) electrons. The third-order valence-corrected chi connectivity index (χ3v) is 8.51. The van der Waals surface area contributed by atoms with Crippen molar-refractivity contribution >= 4 is 33.3 Å². The molecule has 1 unspecified atom stereocenters. The Kier molecular flexibility index (Phi) is 9.09. The van der Waals surface area contributed by atoms with E-state index >= 15 is 0 Å². The van der Waals surface area contributed by atoms with Crippen LogP contribution < -0.4 is 0 Å². The number of nitrogens with zero attached hydrogens (tertiary/aromatic N) is 2. The lowest BCUT2D eigenvalue weighted by molar-refractivity contribution is -0.132. The van der Waals surface area contributed by atoms with E-state index in [0.29, 0.717) is 19.7 Å². The molecule has 1 amide bonds. The summed E-state index contributed by atoms with van der Waals surface area (Å²) in [4.78, 5) is 17.6. The molecule has 1 aliphatic rings. The Labute approximate surface area is 217 Å². The zero-order valence-electron chi connectivity index (χ0n) is 20.5. The molecule has 0 saturated carbocycles. The van der Waals surface area contributed by atoms with Gasteiger partial charge in [0.1, 0.15) is 0 Å². The van der Waals surface area contributed by atoms with Crippen molar-refractivity contribution in [3.8, 4) is 0 Å². The number of carbonyl (C=O) groups is 1. The molecule has 0 spiro atoms. The molecular formula is C28H32N2O4S2. The Bertz CT molecular complexity index is 1250. The first-order valence-corrected chi connectivity index (χ1v) is 14.4. The highest BCUT2D eigenvalue weighted by Gasteiger charge is 2.29. The molecule has 0 N–H and O–H groups in total. The van der Waals surface area contributed by atoms with Crippen LogP contribution in [0.15, 0.2) is 78.2 Å². The van der Waals surface area contributed by atoms with Crippen molar-refractivity contribution in [2.24, 2.45) is 0 Å². The van der Waals surface area contributed by atoms with Gasteiger partial charge in [-0.15, -0.1) is 11.3 Å². The van der Waals surface area contributed by atoms with Crippen LogP contribution in [0.4, 0.5) is 0 Å². The van der Waals surface area contributed by atoms with E-state index in [1.807, 2.05) is 79.7 Å². The van der Waals surface area contributed by atoms with Crippen LogP contribution in [0.1, 0.15) is 33.7 Å². The number of hydrogen-bond acceptors (Lipinski definition) is 5. The number of ether oxygens (including phenoxy) is 1. The van der Waals surface area contributed by atoms with E-state index in [1.165, 1.54) is 14.6 Å². The summed E-state index contributed by atoms with van der Waals surface area (Å²) < 4.78 is 33.8. The van der Waals surface area contributed by atoms with Crippen molar-refractivity contribution in [2.75, 3.05) is 19.7 Å². The maximum atomic E-state index is 13.6. The molecule has 0 aliphatic carbocycles. The topological polar surface area (TPSA) is 66.9 Å². The standard InChI is InChI=1S/C28H32N2O4S2/c1-23-14-15-27(35-23)21-29(19-25-11-6-3-7-12-25)28(31)22-30(20-26-13-8-17-34-26)36(32,33)18-16-24-9-4-2-5-10-24/h2-7,9-12,14-16,18,26H,8,13,17,19-22H2,1H3. The summed E-state index contributed by atoms with van der Waals surface area (Å²) in [6, 6.07) is 23.1. The van der Waals surface area contributed by atoms with Crippen LogP contribution in [-0.4, -0.2) is 49.3 Å². The fourth-order valence-electron chi connectivity index (χ4n) is 4.13. The first-order chi connectivity index (χ1) is 17.4. The molecule has 3 aromatic rings. The Morgan fingerprint density at radius 1 is 1.03 bits per heavy atom. The predicted molar refractivity (Wildman–Crippen MR) is 145 cm³/mol.